The highest BCUT2D eigenvalue weighted by Gasteiger charge is 2.17. The van der Waals surface area contributed by atoms with Crippen LogP contribution in [0.3, 0.4) is 0 Å². The van der Waals surface area contributed by atoms with Gasteiger partial charge in [-0.3, -0.25) is 4.79 Å². The number of rotatable bonds is 6. The number of aromatic nitrogens is 3. The summed E-state index contributed by atoms with van der Waals surface area (Å²) in [6.07, 6.45) is 2.59. The first-order chi connectivity index (χ1) is 12.9. The molecule has 0 aliphatic carbocycles. The highest BCUT2D eigenvalue weighted by atomic mass is 19.3. The monoisotopic (exact) mass is 380 g/mol. The second kappa shape index (κ2) is 7.52. The topological polar surface area (TPSA) is 78.3 Å². The van der Waals surface area contributed by atoms with Gasteiger partial charge in [0, 0.05) is 25.4 Å². The summed E-state index contributed by atoms with van der Waals surface area (Å²) < 4.78 is 49.1. The Balaban J connectivity index is 1.81. The van der Waals surface area contributed by atoms with E-state index in [-0.39, 0.29) is 12.1 Å². The molecule has 0 saturated carbocycles. The van der Waals surface area contributed by atoms with E-state index < -0.39 is 24.2 Å². The molecule has 3 rings (SSSR count). The number of hydrogen-bond acceptors (Lipinski definition) is 5. The molecule has 0 atom stereocenters. The van der Waals surface area contributed by atoms with Gasteiger partial charge in [0.05, 0.1) is 30.0 Å². The summed E-state index contributed by atoms with van der Waals surface area (Å²) >= 11 is 0. The van der Waals surface area contributed by atoms with E-state index in [0.717, 1.165) is 23.3 Å². The summed E-state index contributed by atoms with van der Waals surface area (Å²) in [7, 11) is 3.31. The summed E-state index contributed by atoms with van der Waals surface area (Å²) in [5.74, 6) is -2.11. The number of fused-ring (bicyclic) bond motifs is 1. The maximum absolute atomic E-state index is 13.7. The Morgan fingerprint density at radius 2 is 2.11 bits per heavy atom. The fourth-order valence-corrected chi connectivity index (χ4v) is 2.66. The van der Waals surface area contributed by atoms with E-state index in [1.165, 1.54) is 7.11 Å². The molecule has 0 radical (unpaired) electrons. The van der Waals surface area contributed by atoms with Gasteiger partial charge in [0.25, 0.3) is 11.8 Å². The lowest BCUT2D eigenvalue weighted by molar-refractivity contribution is -0.0553. The Labute approximate surface area is 151 Å². The standard InChI is InChI=1S/C17H15F3N4O3/c1-24-8-23-12-3-4-13(26-2)10(14(12)24)7-21-15(25)9-5-11(18)16(22-6-9)27-17(19)20/h3-6,8,17H,7H2,1-2H3,(H,21,25). The zero-order chi connectivity index (χ0) is 19.6. The maximum Gasteiger partial charge on any atom is 0.388 e. The van der Waals surface area contributed by atoms with E-state index in [1.54, 1.807) is 30.1 Å². The lowest BCUT2D eigenvalue weighted by Crippen LogP contribution is -2.24. The fourth-order valence-electron chi connectivity index (χ4n) is 2.66. The zero-order valence-corrected chi connectivity index (χ0v) is 14.4. The lowest BCUT2D eigenvalue weighted by Gasteiger charge is -2.12. The Hall–Kier alpha value is -3.30. The normalized spacial score (nSPS) is 11.0. The Bertz CT molecular complexity index is 991. The van der Waals surface area contributed by atoms with Crippen molar-refractivity contribution in [2.45, 2.75) is 13.2 Å². The second-order valence-electron chi connectivity index (χ2n) is 5.54. The summed E-state index contributed by atoms with van der Waals surface area (Å²) in [5.41, 5.74) is 2.06. The van der Waals surface area contributed by atoms with E-state index in [2.05, 4.69) is 20.0 Å². The summed E-state index contributed by atoms with van der Waals surface area (Å²) in [6.45, 7) is -3.13. The van der Waals surface area contributed by atoms with Crippen molar-refractivity contribution in [3.05, 3.63) is 47.7 Å². The number of amides is 1. The van der Waals surface area contributed by atoms with Crippen LogP contribution in [0.4, 0.5) is 13.2 Å². The molecule has 0 aliphatic heterocycles. The number of hydrogen-bond donors (Lipinski definition) is 1. The highest BCUT2D eigenvalue weighted by Crippen LogP contribution is 2.27. The fraction of sp³-hybridized carbons (Fsp3) is 0.235. The summed E-state index contributed by atoms with van der Waals surface area (Å²) in [5, 5.41) is 2.63. The molecule has 0 fully saturated rings. The van der Waals surface area contributed by atoms with E-state index >= 15 is 0 Å². The maximum atomic E-state index is 13.7. The molecular formula is C17H15F3N4O3. The van der Waals surface area contributed by atoms with Crippen molar-refractivity contribution in [1.29, 1.82) is 0 Å². The molecule has 1 aromatic carbocycles. The number of carbonyl (C=O) groups excluding carboxylic acids is 1. The number of nitrogens with zero attached hydrogens (tertiary/aromatic N) is 3. The van der Waals surface area contributed by atoms with Crippen LogP contribution in [0, 0.1) is 5.82 Å². The molecule has 0 unspecified atom stereocenters. The molecule has 0 bridgehead atoms. The van der Waals surface area contributed by atoms with Crippen LogP contribution in [-0.4, -0.2) is 34.2 Å². The van der Waals surface area contributed by atoms with Gasteiger partial charge in [0.15, 0.2) is 5.82 Å². The van der Waals surface area contributed by atoms with Crippen molar-refractivity contribution >= 4 is 16.9 Å². The van der Waals surface area contributed by atoms with Crippen molar-refractivity contribution in [2.24, 2.45) is 7.05 Å². The zero-order valence-electron chi connectivity index (χ0n) is 14.4. The minimum atomic E-state index is -3.21. The molecule has 142 valence electrons. The van der Waals surface area contributed by atoms with Gasteiger partial charge in [0.1, 0.15) is 5.75 Å². The number of aryl methyl sites for hydroxylation is 1. The molecule has 2 heterocycles. The largest absolute Gasteiger partial charge is 0.496 e. The first-order valence-electron chi connectivity index (χ1n) is 7.76. The average molecular weight is 380 g/mol. The third kappa shape index (κ3) is 3.78. The van der Waals surface area contributed by atoms with Gasteiger partial charge in [-0.05, 0) is 18.2 Å². The van der Waals surface area contributed by atoms with Crippen LogP contribution in [-0.2, 0) is 13.6 Å². The van der Waals surface area contributed by atoms with Crippen LogP contribution in [0.5, 0.6) is 11.6 Å². The van der Waals surface area contributed by atoms with Gasteiger partial charge in [-0.1, -0.05) is 0 Å². The SMILES string of the molecule is COc1ccc2ncn(C)c2c1CNC(=O)c1cnc(OC(F)F)c(F)c1. The van der Waals surface area contributed by atoms with Crippen LogP contribution < -0.4 is 14.8 Å². The molecule has 3 aromatic rings. The molecule has 0 aliphatic rings. The first-order valence-corrected chi connectivity index (χ1v) is 7.76. The van der Waals surface area contributed by atoms with Crippen molar-refractivity contribution in [3.63, 3.8) is 0 Å². The average Bonchev–Trinajstić information content (AvgIpc) is 3.02. The van der Waals surface area contributed by atoms with E-state index in [9.17, 15) is 18.0 Å². The Morgan fingerprint density at radius 3 is 2.78 bits per heavy atom. The smallest absolute Gasteiger partial charge is 0.388 e. The van der Waals surface area contributed by atoms with Gasteiger partial charge in [0.2, 0.25) is 0 Å². The molecule has 1 amide bonds. The van der Waals surface area contributed by atoms with Crippen molar-refractivity contribution in [3.8, 4) is 11.6 Å². The number of halogens is 3. The molecule has 1 N–H and O–H groups in total. The van der Waals surface area contributed by atoms with Crippen molar-refractivity contribution in [2.75, 3.05) is 7.11 Å². The minimum absolute atomic E-state index is 0.0792. The number of benzene rings is 1. The molecule has 7 nitrogen and oxygen atoms in total. The molecule has 27 heavy (non-hydrogen) atoms. The number of nitrogens with one attached hydrogen (secondary N) is 1. The number of methoxy groups -OCH3 is 1. The second-order valence-corrected chi connectivity index (χ2v) is 5.54. The first kappa shape index (κ1) is 18.5. The van der Waals surface area contributed by atoms with Gasteiger partial charge < -0.3 is 19.4 Å². The third-order valence-corrected chi connectivity index (χ3v) is 3.86. The Kier molecular flexibility index (Phi) is 5.15. The van der Waals surface area contributed by atoms with Crippen LogP contribution in [0.15, 0.2) is 30.7 Å². The lowest BCUT2D eigenvalue weighted by atomic mass is 10.1. The van der Waals surface area contributed by atoms with Crippen molar-refractivity contribution < 1.29 is 27.4 Å². The minimum Gasteiger partial charge on any atom is -0.496 e. The van der Waals surface area contributed by atoms with Gasteiger partial charge in [-0.25, -0.2) is 14.4 Å². The number of alkyl halides is 2. The van der Waals surface area contributed by atoms with Crippen LogP contribution in [0.2, 0.25) is 0 Å². The summed E-state index contributed by atoms with van der Waals surface area (Å²) in [4.78, 5) is 19.9. The number of carbonyl (C=O) groups is 1. The van der Waals surface area contributed by atoms with Gasteiger partial charge in [-0.2, -0.15) is 8.78 Å². The summed E-state index contributed by atoms with van der Waals surface area (Å²) in [6, 6.07) is 4.30. The Morgan fingerprint density at radius 1 is 1.33 bits per heavy atom. The quantitative estimate of drug-likeness (QED) is 0.711. The van der Waals surface area contributed by atoms with Crippen LogP contribution in [0.1, 0.15) is 15.9 Å². The molecule has 2 aromatic heterocycles. The van der Waals surface area contributed by atoms with E-state index in [0.29, 0.717) is 11.3 Å². The van der Waals surface area contributed by atoms with E-state index in [4.69, 9.17) is 4.74 Å². The molecular weight excluding hydrogens is 365 g/mol. The highest BCUT2D eigenvalue weighted by molar-refractivity contribution is 5.94. The number of ether oxygens (including phenoxy) is 2. The third-order valence-electron chi connectivity index (χ3n) is 3.86. The molecule has 0 saturated heterocycles. The van der Waals surface area contributed by atoms with Crippen LogP contribution >= 0.6 is 0 Å². The van der Waals surface area contributed by atoms with Gasteiger partial charge >= 0.3 is 6.61 Å². The number of imidazole rings is 1. The van der Waals surface area contributed by atoms with Crippen molar-refractivity contribution in [1.82, 2.24) is 19.9 Å². The predicted octanol–water partition coefficient (Wildman–Crippen LogP) is 2.65. The number of pyridine rings is 1. The molecule has 0 spiro atoms. The van der Waals surface area contributed by atoms with Gasteiger partial charge in [-0.15, -0.1) is 0 Å². The predicted molar refractivity (Wildman–Crippen MR) is 89.3 cm³/mol. The van der Waals surface area contributed by atoms with E-state index in [1.807, 2.05) is 0 Å². The molecule has 10 heteroatoms. The van der Waals surface area contributed by atoms with Crippen LogP contribution in [0.25, 0.3) is 11.0 Å².